The van der Waals surface area contributed by atoms with E-state index >= 15 is 0 Å². The second kappa shape index (κ2) is 16.1. The second-order valence-corrected chi connectivity index (χ2v) is 8.75. The molecule has 11 nitrogen and oxygen atoms in total. The molecule has 0 spiro atoms. The van der Waals surface area contributed by atoms with Gasteiger partial charge in [0.25, 0.3) is 15.8 Å². The van der Waals surface area contributed by atoms with Gasteiger partial charge in [-0.15, -0.1) is 0 Å². The van der Waals surface area contributed by atoms with E-state index in [0.717, 1.165) is 5.56 Å². The summed E-state index contributed by atoms with van der Waals surface area (Å²) in [6.07, 6.45) is 0. The molecule has 0 aliphatic heterocycles. The van der Waals surface area contributed by atoms with Gasteiger partial charge in [0.05, 0.1) is 69.3 Å². The summed E-state index contributed by atoms with van der Waals surface area (Å²) in [5, 5.41) is 10.6. The van der Waals surface area contributed by atoms with E-state index in [1.54, 1.807) is 12.1 Å². The number of nitro benzene ring substituents is 1. The lowest BCUT2D eigenvalue weighted by Crippen LogP contribution is -2.15. The lowest BCUT2D eigenvalue weighted by atomic mass is 10.2. The first-order chi connectivity index (χ1) is 16.9. The molecule has 35 heavy (non-hydrogen) atoms. The van der Waals surface area contributed by atoms with E-state index in [4.69, 9.17) is 27.9 Å². The third kappa shape index (κ3) is 12.1. The number of nitro groups is 1. The fourth-order valence-corrected chi connectivity index (χ4v) is 3.51. The predicted molar refractivity (Wildman–Crippen MR) is 126 cm³/mol. The molecule has 0 atom stereocenters. The summed E-state index contributed by atoms with van der Waals surface area (Å²) in [4.78, 5) is 10.2. The summed E-state index contributed by atoms with van der Waals surface area (Å²) >= 11 is 0. The summed E-state index contributed by atoms with van der Waals surface area (Å²) < 4.78 is 55.8. The van der Waals surface area contributed by atoms with Gasteiger partial charge in [-0.1, -0.05) is 17.7 Å². The molecule has 0 amide bonds. The van der Waals surface area contributed by atoms with E-state index in [1.165, 1.54) is 36.4 Å². The highest BCUT2D eigenvalue weighted by Gasteiger charge is 2.14. The molecule has 0 heterocycles. The van der Waals surface area contributed by atoms with Crippen molar-refractivity contribution in [3.8, 4) is 5.75 Å². The van der Waals surface area contributed by atoms with Gasteiger partial charge in [0, 0.05) is 12.1 Å². The molecule has 0 bridgehead atoms. The van der Waals surface area contributed by atoms with Gasteiger partial charge in [-0.05, 0) is 31.2 Å². The van der Waals surface area contributed by atoms with Crippen molar-refractivity contribution in [2.45, 2.75) is 11.8 Å². The SMILES string of the molecule is Cc1ccc(S(=O)(=O)OCCOCCOCCOCCOCCOc2ccc([N+](=O)[O-])cc2)cc1. The molecule has 0 aliphatic carbocycles. The van der Waals surface area contributed by atoms with Crippen LogP contribution in [0.3, 0.4) is 0 Å². The summed E-state index contributed by atoms with van der Waals surface area (Å²) in [5.74, 6) is 0.538. The number of hydrogen-bond acceptors (Lipinski definition) is 10. The maximum Gasteiger partial charge on any atom is 0.297 e. The van der Waals surface area contributed by atoms with E-state index in [9.17, 15) is 18.5 Å². The Morgan fingerprint density at radius 2 is 1.14 bits per heavy atom. The largest absolute Gasteiger partial charge is 0.491 e. The molecule has 0 aliphatic rings. The Kier molecular flexibility index (Phi) is 13.2. The molecule has 2 aromatic rings. The van der Waals surface area contributed by atoms with Crippen LogP contribution in [0.5, 0.6) is 5.75 Å². The van der Waals surface area contributed by atoms with Gasteiger partial charge in [-0.2, -0.15) is 8.42 Å². The quantitative estimate of drug-likeness (QED) is 0.119. The van der Waals surface area contributed by atoms with Crippen LogP contribution < -0.4 is 4.74 Å². The van der Waals surface area contributed by atoms with Crippen molar-refractivity contribution in [3.63, 3.8) is 0 Å². The van der Waals surface area contributed by atoms with Crippen LogP contribution in [0.1, 0.15) is 5.56 Å². The summed E-state index contributed by atoms with van der Waals surface area (Å²) in [6, 6.07) is 12.3. The van der Waals surface area contributed by atoms with Crippen molar-refractivity contribution in [2.75, 3.05) is 66.1 Å². The Morgan fingerprint density at radius 1 is 0.686 bits per heavy atom. The molecule has 0 saturated heterocycles. The minimum atomic E-state index is -3.78. The molecule has 0 unspecified atom stereocenters. The van der Waals surface area contributed by atoms with Gasteiger partial charge in [0.1, 0.15) is 12.4 Å². The molecule has 0 radical (unpaired) electrons. The van der Waals surface area contributed by atoms with Crippen LogP contribution in [0.2, 0.25) is 0 Å². The first-order valence-corrected chi connectivity index (χ1v) is 12.4. The van der Waals surface area contributed by atoms with Gasteiger partial charge in [-0.3, -0.25) is 14.3 Å². The van der Waals surface area contributed by atoms with Crippen molar-refractivity contribution >= 4 is 15.8 Å². The van der Waals surface area contributed by atoms with Crippen LogP contribution in [0.25, 0.3) is 0 Å². The number of benzene rings is 2. The van der Waals surface area contributed by atoms with Crippen LogP contribution >= 0.6 is 0 Å². The highest BCUT2D eigenvalue weighted by atomic mass is 32.2. The van der Waals surface area contributed by atoms with Crippen LogP contribution in [-0.4, -0.2) is 79.4 Å². The van der Waals surface area contributed by atoms with Crippen LogP contribution in [0, 0.1) is 17.0 Å². The van der Waals surface area contributed by atoms with Gasteiger partial charge >= 0.3 is 0 Å². The molecule has 2 rings (SSSR count). The molecule has 194 valence electrons. The van der Waals surface area contributed by atoms with Crippen molar-refractivity contribution in [2.24, 2.45) is 0 Å². The monoisotopic (exact) mass is 513 g/mol. The van der Waals surface area contributed by atoms with Crippen LogP contribution in [0.4, 0.5) is 5.69 Å². The van der Waals surface area contributed by atoms with Gasteiger partial charge in [0.15, 0.2) is 0 Å². The normalized spacial score (nSPS) is 11.5. The zero-order valence-corrected chi connectivity index (χ0v) is 20.4. The van der Waals surface area contributed by atoms with E-state index in [1.807, 2.05) is 6.92 Å². The number of nitrogens with zero attached hydrogens (tertiary/aromatic N) is 1. The lowest BCUT2D eigenvalue weighted by Gasteiger charge is -2.09. The maximum absolute atomic E-state index is 12.0. The summed E-state index contributed by atoms with van der Waals surface area (Å²) in [5.41, 5.74) is 0.981. The first-order valence-electron chi connectivity index (χ1n) is 11.0. The van der Waals surface area contributed by atoms with Crippen LogP contribution in [0.15, 0.2) is 53.4 Å². The fraction of sp³-hybridized carbons (Fsp3) is 0.478. The number of aryl methyl sites for hydroxylation is 1. The van der Waals surface area contributed by atoms with E-state index in [2.05, 4.69) is 0 Å². The Balaban J connectivity index is 1.34. The molecule has 12 heteroatoms. The number of non-ortho nitro benzene ring substituents is 1. The van der Waals surface area contributed by atoms with E-state index in [0.29, 0.717) is 58.6 Å². The second-order valence-electron chi connectivity index (χ2n) is 7.14. The molecule has 0 saturated carbocycles. The smallest absolute Gasteiger partial charge is 0.297 e. The minimum absolute atomic E-state index is 0.0130. The Hall–Kier alpha value is -2.61. The fourth-order valence-electron chi connectivity index (χ4n) is 2.62. The molecule has 0 N–H and O–H groups in total. The average molecular weight is 514 g/mol. The minimum Gasteiger partial charge on any atom is -0.491 e. The highest BCUT2D eigenvalue weighted by Crippen LogP contribution is 2.17. The summed E-state index contributed by atoms with van der Waals surface area (Å²) in [7, 11) is -3.78. The number of ether oxygens (including phenoxy) is 5. The third-order valence-electron chi connectivity index (χ3n) is 4.44. The standard InChI is InChI=1S/C23H31NO10S/c1-20-2-8-23(9-3-20)35(27,28)34-19-17-32-15-13-30-11-10-29-12-14-31-16-18-33-22-6-4-21(5-7-22)24(25)26/h2-9H,10-19H2,1H3. The Morgan fingerprint density at radius 3 is 1.63 bits per heavy atom. The average Bonchev–Trinajstić information content (AvgIpc) is 2.84. The zero-order chi connectivity index (χ0) is 25.4. The van der Waals surface area contributed by atoms with Crippen LogP contribution in [-0.2, 0) is 33.2 Å². The zero-order valence-electron chi connectivity index (χ0n) is 19.6. The van der Waals surface area contributed by atoms with Crippen molar-refractivity contribution in [1.29, 1.82) is 0 Å². The molecule has 0 aromatic heterocycles. The number of hydrogen-bond donors (Lipinski definition) is 0. The van der Waals surface area contributed by atoms with Gasteiger partial charge in [0.2, 0.25) is 0 Å². The van der Waals surface area contributed by atoms with E-state index in [-0.39, 0.29) is 23.8 Å². The Labute approximate surface area is 205 Å². The Bertz CT molecular complexity index is 965. The summed E-state index contributed by atoms with van der Waals surface area (Å²) in [6.45, 7) is 4.90. The van der Waals surface area contributed by atoms with Gasteiger partial charge < -0.3 is 23.7 Å². The van der Waals surface area contributed by atoms with Crippen molar-refractivity contribution < 1.29 is 41.2 Å². The third-order valence-corrected chi connectivity index (χ3v) is 5.76. The molecule has 2 aromatic carbocycles. The molecular formula is C23H31NO10S. The predicted octanol–water partition coefficient (Wildman–Crippen LogP) is 2.75. The van der Waals surface area contributed by atoms with Crippen molar-refractivity contribution in [1.82, 2.24) is 0 Å². The van der Waals surface area contributed by atoms with E-state index < -0.39 is 15.0 Å². The topological polar surface area (TPSA) is 133 Å². The maximum atomic E-state index is 12.0. The molecule has 0 fully saturated rings. The molecular weight excluding hydrogens is 482 g/mol. The number of rotatable bonds is 19. The van der Waals surface area contributed by atoms with Crippen molar-refractivity contribution in [3.05, 3.63) is 64.2 Å². The first kappa shape index (κ1) is 28.6. The van der Waals surface area contributed by atoms with Gasteiger partial charge in [-0.25, -0.2) is 0 Å². The highest BCUT2D eigenvalue weighted by molar-refractivity contribution is 7.86. The lowest BCUT2D eigenvalue weighted by molar-refractivity contribution is -0.384.